The maximum atomic E-state index is 12.6. The molecule has 0 spiro atoms. The van der Waals surface area contributed by atoms with E-state index in [9.17, 15) is 4.79 Å². The number of piperidine rings is 1. The third-order valence-corrected chi connectivity index (χ3v) is 6.19. The van der Waals surface area contributed by atoms with E-state index < -0.39 is 0 Å². The van der Waals surface area contributed by atoms with Crippen LogP contribution in [0.1, 0.15) is 23.6 Å². The van der Waals surface area contributed by atoms with Crippen LogP contribution in [0.25, 0.3) is 27.1 Å². The molecule has 0 amide bonds. The van der Waals surface area contributed by atoms with Gasteiger partial charge in [-0.25, -0.2) is 4.98 Å². The molecular weight excluding hydrogens is 346 g/mol. The number of hydrogen-bond donors (Lipinski definition) is 1. The number of rotatable bonds is 2. The first-order valence-electron chi connectivity index (χ1n) is 8.85. The van der Waals surface area contributed by atoms with E-state index in [1.54, 1.807) is 26.5 Å². The first-order chi connectivity index (χ1) is 12.7. The van der Waals surface area contributed by atoms with E-state index >= 15 is 0 Å². The topological polar surface area (TPSA) is 64.2 Å². The van der Waals surface area contributed by atoms with Crippen molar-refractivity contribution in [3.8, 4) is 11.3 Å². The molecule has 0 unspecified atom stereocenters. The zero-order valence-electron chi connectivity index (χ0n) is 14.5. The Labute approximate surface area is 154 Å². The van der Waals surface area contributed by atoms with E-state index in [0.29, 0.717) is 5.92 Å². The highest BCUT2D eigenvalue weighted by Gasteiger charge is 2.19. The van der Waals surface area contributed by atoms with E-state index in [4.69, 9.17) is 4.98 Å². The summed E-state index contributed by atoms with van der Waals surface area (Å²) in [6, 6.07) is 7.63. The smallest absolute Gasteiger partial charge is 0.259 e. The second-order valence-electron chi connectivity index (χ2n) is 6.87. The molecule has 5 rings (SSSR count). The molecule has 1 aliphatic rings. The molecule has 7 heteroatoms. The number of fused-ring (bicyclic) bond motifs is 2. The Morgan fingerprint density at radius 1 is 1.19 bits per heavy atom. The Morgan fingerprint density at radius 2 is 2.04 bits per heavy atom. The summed E-state index contributed by atoms with van der Waals surface area (Å²) in [6.45, 7) is 2.08. The summed E-state index contributed by atoms with van der Waals surface area (Å²) in [5.41, 5.74) is 2.59. The van der Waals surface area contributed by atoms with Gasteiger partial charge in [-0.15, -0.1) is 11.3 Å². The lowest BCUT2D eigenvalue weighted by atomic mass is 9.97. The molecule has 4 aromatic rings. The van der Waals surface area contributed by atoms with Crippen LogP contribution in [-0.4, -0.2) is 32.3 Å². The molecular formula is C19H19N5OS. The Balaban J connectivity index is 1.60. The monoisotopic (exact) mass is 365 g/mol. The second kappa shape index (κ2) is 6.03. The fourth-order valence-corrected chi connectivity index (χ4v) is 4.83. The van der Waals surface area contributed by atoms with Crippen LogP contribution in [-0.2, 0) is 7.05 Å². The molecule has 0 aliphatic carbocycles. The van der Waals surface area contributed by atoms with Crippen LogP contribution < -0.4 is 10.9 Å². The van der Waals surface area contributed by atoms with Crippen molar-refractivity contribution in [2.45, 2.75) is 18.8 Å². The van der Waals surface area contributed by atoms with Crippen LogP contribution in [0.5, 0.6) is 0 Å². The lowest BCUT2D eigenvalue weighted by Gasteiger charge is -2.20. The molecule has 1 saturated heterocycles. The van der Waals surface area contributed by atoms with Gasteiger partial charge in [-0.1, -0.05) is 6.07 Å². The van der Waals surface area contributed by atoms with Gasteiger partial charge in [0.1, 0.15) is 0 Å². The summed E-state index contributed by atoms with van der Waals surface area (Å²) in [7, 11) is 1.91. The largest absolute Gasteiger partial charge is 0.317 e. The van der Waals surface area contributed by atoms with Gasteiger partial charge in [-0.3, -0.25) is 13.9 Å². The molecule has 1 N–H and O–H groups in total. The lowest BCUT2D eigenvalue weighted by molar-refractivity contribution is 0.464. The standard InChI is InChI=1S/C19H19N5OS/c1-23-10-14-8-13(2-3-15(14)22-23)16-9-18(25)24-11-17(26-19(24)21-16)12-4-6-20-7-5-12/h2-3,8-12,20H,4-7H2,1H3. The van der Waals surface area contributed by atoms with Crippen molar-refractivity contribution in [2.75, 3.05) is 13.1 Å². The first kappa shape index (κ1) is 15.7. The molecule has 6 nitrogen and oxygen atoms in total. The summed E-state index contributed by atoms with van der Waals surface area (Å²) in [6.07, 6.45) is 6.20. The van der Waals surface area contributed by atoms with Gasteiger partial charge in [0.25, 0.3) is 5.56 Å². The molecule has 3 aromatic heterocycles. The molecule has 1 fully saturated rings. The summed E-state index contributed by atoms with van der Waals surface area (Å²) in [5.74, 6) is 0.526. The molecule has 0 saturated carbocycles. The zero-order chi connectivity index (χ0) is 17.7. The minimum absolute atomic E-state index is 0.0206. The normalized spacial score (nSPS) is 15.9. The van der Waals surface area contributed by atoms with Crippen molar-refractivity contribution in [2.24, 2.45) is 7.05 Å². The van der Waals surface area contributed by atoms with Gasteiger partial charge in [0, 0.05) is 41.3 Å². The molecule has 26 heavy (non-hydrogen) atoms. The van der Waals surface area contributed by atoms with Gasteiger partial charge in [-0.05, 0) is 44.0 Å². The number of aryl methyl sites for hydroxylation is 1. The summed E-state index contributed by atoms with van der Waals surface area (Å²) in [5, 5.41) is 8.84. The summed E-state index contributed by atoms with van der Waals surface area (Å²) >= 11 is 1.64. The predicted molar refractivity (Wildman–Crippen MR) is 104 cm³/mol. The number of aromatic nitrogens is 4. The SMILES string of the molecule is Cn1cc2cc(-c3cc(=O)n4cc(C5CCNCC5)sc4n3)ccc2n1. The van der Waals surface area contributed by atoms with E-state index in [0.717, 1.165) is 53.1 Å². The highest BCUT2D eigenvalue weighted by atomic mass is 32.1. The Bertz CT molecular complexity index is 1170. The van der Waals surface area contributed by atoms with Crippen LogP contribution in [0.15, 0.2) is 41.5 Å². The van der Waals surface area contributed by atoms with Crippen LogP contribution in [0.3, 0.4) is 0 Å². The minimum Gasteiger partial charge on any atom is -0.317 e. The fraction of sp³-hybridized carbons (Fsp3) is 0.316. The predicted octanol–water partition coefficient (Wildman–Crippen LogP) is 2.78. The van der Waals surface area contributed by atoms with E-state index in [-0.39, 0.29) is 5.56 Å². The zero-order valence-corrected chi connectivity index (χ0v) is 15.3. The van der Waals surface area contributed by atoms with Crippen molar-refractivity contribution in [3.05, 3.63) is 51.9 Å². The maximum Gasteiger partial charge on any atom is 0.259 e. The van der Waals surface area contributed by atoms with Crippen LogP contribution in [0, 0.1) is 0 Å². The van der Waals surface area contributed by atoms with Crippen molar-refractivity contribution >= 4 is 27.2 Å². The van der Waals surface area contributed by atoms with Gasteiger partial charge in [0.2, 0.25) is 0 Å². The molecule has 0 atom stereocenters. The number of thiazole rings is 1. The minimum atomic E-state index is -0.0206. The Kier molecular flexibility index (Phi) is 3.65. The third kappa shape index (κ3) is 2.64. The summed E-state index contributed by atoms with van der Waals surface area (Å²) in [4.78, 5) is 19.4. The first-order valence-corrected chi connectivity index (χ1v) is 9.67. The highest BCUT2D eigenvalue weighted by molar-refractivity contribution is 7.17. The van der Waals surface area contributed by atoms with Crippen LogP contribution >= 0.6 is 11.3 Å². The number of hydrogen-bond acceptors (Lipinski definition) is 5. The average Bonchev–Trinajstić information content (AvgIpc) is 3.24. The number of nitrogens with zero attached hydrogens (tertiary/aromatic N) is 4. The molecule has 0 radical (unpaired) electrons. The van der Waals surface area contributed by atoms with Crippen molar-refractivity contribution in [3.63, 3.8) is 0 Å². The molecule has 132 valence electrons. The highest BCUT2D eigenvalue weighted by Crippen LogP contribution is 2.31. The molecule has 1 aromatic carbocycles. The second-order valence-corrected chi connectivity index (χ2v) is 7.91. The quantitative estimate of drug-likeness (QED) is 0.593. The van der Waals surface area contributed by atoms with Crippen LogP contribution in [0.4, 0.5) is 0 Å². The average molecular weight is 365 g/mol. The number of benzene rings is 1. The van der Waals surface area contributed by atoms with Gasteiger partial charge >= 0.3 is 0 Å². The van der Waals surface area contributed by atoms with Crippen LogP contribution in [0.2, 0.25) is 0 Å². The van der Waals surface area contributed by atoms with Gasteiger partial charge in [0.05, 0.1) is 11.2 Å². The van der Waals surface area contributed by atoms with Gasteiger partial charge < -0.3 is 5.32 Å². The Morgan fingerprint density at radius 3 is 2.88 bits per heavy atom. The summed E-state index contributed by atoms with van der Waals surface area (Å²) < 4.78 is 3.48. The lowest BCUT2D eigenvalue weighted by Crippen LogP contribution is -2.26. The van der Waals surface area contributed by atoms with E-state index in [1.807, 2.05) is 37.6 Å². The number of nitrogens with one attached hydrogen (secondary N) is 1. The molecule has 1 aliphatic heterocycles. The van der Waals surface area contributed by atoms with E-state index in [2.05, 4.69) is 10.4 Å². The fourth-order valence-electron chi connectivity index (χ4n) is 3.67. The van der Waals surface area contributed by atoms with Crippen molar-refractivity contribution in [1.82, 2.24) is 24.5 Å². The van der Waals surface area contributed by atoms with Gasteiger partial charge in [0.15, 0.2) is 4.96 Å². The van der Waals surface area contributed by atoms with Crippen molar-refractivity contribution in [1.29, 1.82) is 0 Å². The molecule has 4 heterocycles. The third-order valence-electron chi connectivity index (χ3n) is 5.04. The molecule has 0 bridgehead atoms. The van der Waals surface area contributed by atoms with Crippen molar-refractivity contribution < 1.29 is 0 Å². The Hall–Kier alpha value is -2.51. The van der Waals surface area contributed by atoms with Gasteiger partial charge in [-0.2, -0.15) is 5.10 Å². The maximum absolute atomic E-state index is 12.6. The van der Waals surface area contributed by atoms with E-state index in [1.165, 1.54) is 4.88 Å².